The molecule has 2 N–H and O–H groups in total. The number of hydrogen-bond donors (Lipinski definition) is 1. The number of nitrogens with two attached hydrogens (primary N) is 1. The quantitative estimate of drug-likeness (QED) is 0.686. The normalized spacial score (nSPS) is 21.9. The Labute approximate surface area is 100 Å². The number of nitrogens with zero attached hydrogens (tertiary/aromatic N) is 1. The number of carbonyl (C=O) groups excluding carboxylic acids is 1. The van der Waals surface area contributed by atoms with Crippen molar-refractivity contribution in [1.29, 1.82) is 0 Å². The van der Waals surface area contributed by atoms with Gasteiger partial charge in [-0.3, -0.25) is 4.79 Å². The van der Waals surface area contributed by atoms with Crippen LogP contribution in [0.3, 0.4) is 0 Å². The molecule has 4 nitrogen and oxygen atoms in total. The van der Waals surface area contributed by atoms with Gasteiger partial charge in [-0.1, -0.05) is 0 Å². The van der Waals surface area contributed by atoms with Crippen LogP contribution in [0.2, 0.25) is 0 Å². The van der Waals surface area contributed by atoms with Gasteiger partial charge in [0.25, 0.3) is 0 Å². The highest BCUT2D eigenvalue weighted by Crippen LogP contribution is 2.47. The van der Waals surface area contributed by atoms with Gasteiger partial charge in [0.05, 0.1) is 5.41 Å². The van der Waals surface area contributed by atoms with E-state index < -0.39 is 5.41 Å². The Bertz CT molecular complexity index is 478. The number of amides is 1. The molecule has 1 spiro atoms. The molecule has 90 valence electrons. The second-order valence-electron chi connectivity index (χ2n) is 4.84. The second-order valence-corrected chi connectivity index (χ2v) is 4.84. The summed E-state index contributed by atoms with van der Waals surface area (Å²) in [4.78, 5) is 14.2. The average Bonchev–Trinajstić information content (AvgIpc) is 2.54. The van der Waals surface area contributed by atoms with E-state index in [-0.39, 0.29) is 5.91 Å². The number of fused-ring (bicyclic) bond motifs is 2. The molecule has 2 heterocycles. The zero-order chi connectivity index (χ0) is 12.0. The Hall–Kier alpha value is -1.55. The topological polar surface area (TPSA) is 55.6 Å². The minimum absolute atomic E-state index is 0.182. The van der Waals surface area contributed by atoms with Crippen molar-refractivity contribution in [2.75, 3.05) is 30.9 Å². The Morgan fingerprint density at radius 2 is 2.06 bits per heavy atom. The summed E-state index contributed by atoms with van der Waals surface area (Å²) in [6.07, 6.45) is 1.51. The number of nitrogen functional groups attached to an aromatic ring is 1. The minimum atomic E-state index is -0.391. The van der Waals surface area contributed by atoms with Gasteiger partial charge in [-0.15, -0.1) is 0 Å². The van der Waals surface area contributed by atoms with E-state index >= 15 is 0 Å². The van der Waals surface area contributed by atoms with Crippen molar-refractivity contribution in [2.45, 2.75) is 18.3 Å². The molecule has 2 aliphatic heterocycles. The maximum atomic E-state index is 12.5. The highest BCUT2D eigenvalue weighted by atomic mass is 16.5. The molecule has 1 fully saturated rings. The molecule has 0 unspecified atom stereocenters. The van der Waals surface area contributed by atoms with Gasteiger partial charge in [-0.25, -0.2) is 0 Å². The number of anilines is 2. The van der Waals surface area contributed by atoms with Crippen LogP contribution in [-0.4, -0.2) is 26.2 Å². The molecule has 0 atom stereocenters. The van der Waals surface area contributed by atoms with E-state index in [0.717, 1.165) is 29.8 Å². The van der Waals surface area contributed by atoms with Crippen LogP contribution in [0.1, 0.15) is 18.4 Å². The summed E-state index contributed by atoms with van der Waals surface area (Å²) < 4.78 is 5.38. The van der Waals surface area contributed by atoms with Crippen LogP contribution in [-0.2, 0) is 14.9 Å². The van der Waals surface area contributed by atoms with Gasteiger partial charge >= 0.3 is 0 Å². The summed E-state index contributed by atoms with van der Waals surface area (Å²) in [5.41, 5.74) is 8.25. The van der Waals surface area contributed by atoms with Crippen LogP contribution >= 0.6 is 0 Å². The number of ether oxygens (including phenoxy) is 1. The van der Waals surface area contributed by atoms with E-state index in [0.29, 0.717) is 13.2 Å². The van der Waals surface area contributed by atoms with E-state index in [4.69, 9.17) is 10.5 Å². The van der Waals surface area contributed by atoms with Crippen molar-refractivity contribution >= 4 is 17.3 Å². The SMILES string of the molecule is CN1C(=O)C2(CCOCC2)c2cc(N)ccc21. The predicted octanol–water partition coefficient (Wildman–Crippen LogP) is 1.29. The Kier molecular flexibility index (Phi) is 2.16. The lowest BCUT2D eigenvalue weighted by atomic mass is 9.75. The van der Waals surface area contributed by atoms with E-state index in [1.165, 1.54) is 0 Å². The fourth-order valence-electron chi connectivity index (χ4n) is 2.98. The fraction of sp³-hybridized carbons (Fsp3) is 0.462. The van der Waals surface area contributed by atoms with Gasteiger partial charge in [0.2, 0.25) is 5.91 Å². The fourth-order valence-corrected chi connectivity index (χ4v) is 2.98. The number of hydrogen-bond acceptors (Lipinski definition) is 3. The number of rotatable bonds is 0. The van der Waals surface area contributed by atoms with Crippen molar-refractivity contribution in [3.05, 3.63) is 23.8 Å². The lowest BCUT2D eigenvalue weighted by Crippen LogP contribution is -2.42. The third-order valence-electron chi connectivity index (χ3n) is 3.96. The molecule has 1 amide bonds. The minimum Gasteiger partial charge on any atom is -0.399 e. The van der Waals surface area contributed by atoms with Gasteiger partial charge in [-0.2, -0.15) is 0 Å². The van der Waals surface area contributed by atoms with Crippen LogP contribution in [0.4, 0.5) is 11.4 Å². The van der Waals surface area contributed by atoms with Gasteiger partial charge < -0.3 is 15.4 Å². The maximum absolute atomic E-state index is 12.5. The van der Waals surface area contributed by atoms with Crippen molar-refractivity contribution in [3.63, 3.8) is 0 Å². The standard InChI is InChI=1S/C13H16N2O2/c1-15-11-3-2-9(14)8-10(11)13(12(15)16)4-6-17-7-5-13/h2-3,8H,4-7,14H2,1H3. The van der Waals surface area contributed by atoms with E-state index in [2.05, 4.69) is 0 Å². The second kappa shape index (κ2) is 3.47. The van der Waals surface area contributed by atoms with Gasteiger partial charge in [-0.05, 0) is 36.6 Å². The number of carbonyl (C=O) groups is 1. The molecule has 1 aromatic rings. The third kappa shape index (κ3) is 1.30. The summed E-state index contributed by atoms with van der Waals surface area (Å²) in [6.45, 7) is 1.29. The summed E-state index contributed by atoms with van der Waals surface area (Å²) in [5, 5.41) is 0. The van der Waals surface area contributed by atoms with Crippen LogP contribution < -0.4 is 10.6 Å². The van der Waals surface area contributed by atoms with Crippen LogP contribution in [0.25, 0.3) is 0 Å². The summed E-state index contributed by atoms with van der Waals surface area (Å²) >= 11 is 0. The smallest absolute Gasteiger partial charge is 0.237 e. The van der Waals surface area contributed by atoms with Crippen LogP contribution in [0.5, 0.6) is 0 Å². The zero-order valence-electron chi connectivity index (χ0n) is 9.90. The van der Waals surface area contributed by atoms with Crippen molar-refractivity contribution in [1.82, 2.24) is 0 Å². The highest BCUT2D eigenvalue weighted by Gasteiger charge is 2.50. The van der Waals surface area contributed by atoms with Crippen LogP contribution in [0, 0.1) is 0 Å². The molecule has 1 aromatic carbocycles. The van der Waals surface area contributed by atoms with Gasteiger partial charge in [0.1, 0.15) is 0 Å². The lowest BCUT2D eigenvalue weighted by molar-refractivity contribution is -0.126. The average molecular weight is 232 g/mol. The first-order valence-electron chi connectivity index (χ1n) is 5.91. The molecule has 0 aromatic heterocycles. The molecule has 17 heavy (non-hydrogen) atoms. The summed E-state index contributed by atoms with van der Waals surface area (Å²) in [7, 11) is 1.83. The summed E-state index contributed by atoms with van der Waals surface area (Å²) in [6, 6.07) is 5.73. The molecule has 4 heteroatoms. The predicted molar refractivity (Wildman–Crippen MR) is 66.0 cm³/mol. The first-order valence-corrected chi connectivity index (χ1v) is 5.91. The maximum Gasteiger partial charge on any atom is 0.237 e. The molecule has 2 aliphatic rings. The highest BCUT2D eigenvalue weighted by molar-refractivity contribution is 6.08. The Morgan fingerprint density at radius 1 is 1.35 bits per heavy atom. The van der Waals surface area contributed by atoms with E-state index in [1.54, 1.807) is 4.90 Å². The van der Waals surface area contributed by atoms with Crippen molar-refractivity contribution in [3.8, 4) is 0 Å². The molecule has 3 rings (SSSR count). The number of likely N-dealkylation sites (N-methyl/N-ethyl adjacent to an activating group) is 1. The van der Waals surface area contributed by atoms with Crippen LogP contribution in [0.15, 0.2) is 18.2 Å². The van der Waals surface area contributed by atoms with Gasteiger partial charge in [0.15, 0.2) is 0 Å². The largest absolute Gasteiger partial charge is 0.399 e. The van der Waals surface area contributed by atoms with Gasteiger partial charge in [0, 0.05) is 31.6 Å². The third-order valence-corrected chi connectivity index (χ3v) is 3.96. The Balaban J connectivity index is 2.18. The molecule has 0 radical (unpaired) electrons. The molecule has 0 saturated carbocycles. The first-order chi connectivity index (χ1) is 8.15. The molecule has 0 aliphatic carbocycles. The molecule has 0 bridgehead atoms. The first kappa shape index (κ1) is 10.6. The number of benzene rings is 1. The zero-order valence-corrected chi connectivity index (χ0v) is 9.90. The van der Waals surface area contributed by atoms with Crippen molar-refractivity contribution in [2.24, 2.45) is 0 Å². The van der Waals surface area contributed by atoms with Crippen molar-refractivity contribution < 1.29 is 9.53 Å². The monoisotopic (exact) mass is 232 g/mol. The Morgan fingerprint density at radius 3 is 2.76 bits per heavy atom. The van der Waals surface area contributed by atoms with E-state index in [9.17, 15) is 4.79 Å². The molecular weight excluding hydrogens is 216 g/mol. The van der Waals surface area contributed by atoms with E-state index in [1.807, 2.05) is 25.2 Å². The summed E-state index contributed by atoms with van der Waals surface area (Å²) in [5.74, 6) is 0.182. The lowest BCUT2D eigenvalue weighted by Gasteiger charge is -2.32. The molecular formula is C13H16N2O2. The molecule has 1 saturated heterocycles.